The number of piperazine rings is 1. The van der Waals surface area contributed by atoms with Crippen LogP contribution in [0.4, 0.5) is 11.4 Å². The van der Waals surface area contributed by atoms with Crippen molar-refractivity contribution in [2.24, 2.45) is 5.92 Å². The second-order valence-corrected chi connectivity index (χ2v) is 8.47. The Bertz CT molecular complexity index is 718. The lowest BCUT2D eigenvalue weighted by Crippen LogP contribution is -2.50. The first-order chi connectivity index (χ1) is 13.6. The fourth-order valence-electron chi connectivity index (χ4n) is 4.71. The summed E-state index contributed by atoms with van der Waals surface area (Å²) in [5.41, 5.74) is 1.52. The lowest BCUT2D eigenvalue weighted by atomic mass is 9.85. The summed E-state index contributed by atoms with van der Waals surface area (Å²) in [5.74, 6) is -1.01. The second-order valence-electron chi connectivity index (χ2n) is 8.47. The van der Waals surface area contributed by atoms with Crippen molar-refractivity contribution in [3.05, 3.63) is 23.8 Å². The summed E-state index contributed by atoms with van der Waals surface area (Å²) >= 11 is 0. The predicted octanol–water partition coefficient (Wildman–Crippen LogP) is 3.58. The minimum Gasteiger partial charge on any atom is -0.478 e. The van der Waals surface area contributed by atoms with Gasteiger partial charge in [0, 0.05) is 43.8 Å². The van der Waals surface area contributed by atoms with E-state index in [1.54, 1.807) is 12.1 Å². The van der Waals surface area contributed by atoms with E-state index in [0.29, 0.717) is 5.69 Å². The maximum atomic E-state index is 12.2. The smallest absolute Gasteiger partial charge is 0.337 e. The predicted molar refractivity (Wildman–Crippen MR) is 110 cm³/mol. The molecule has 3 aliphatic rings. The molecule has 0 bridgehead atoms. The SMILES string of the molecule is O=C(O)c1cc(N2CCN(C3CCCCC3)CC2)ccc1NC(=O)C1CCC1. The summed E-state index contributed by atoms with van der Waals surface area (Å²) < 4.78 is 0. The molecule has 1 heterocycles. The van der Waals surface area contributed by atoms with Gasteiger partial charge >= 0.3 is 5.97 Å². The number of nitrogens with one attached hydrogen (secondary N) is 1. The molecule has 0 spiro atoms. The number of nitrogens with zero attached hydrogens (tertiary/aromatic N) is 2. The standard InChI is InChI=1S/C22H31N3O3/c26-21(16-5-4-6-16)23-20-10-9-18(15-19(20)22(27)28)25-13-11-24(12-14-25)17-7-2-1-3-8-17/h9-10,15-17H,1-8,11-14H2,(H,23,26)(H,27,28). The van der Waals surface area contributed by atoms with Crippen molar-refractivity contribution < 1.29 is 14.7 Å². The van der Waals surface area contributed by atoms with Gasteiger partial charge in [0.15, 0.2) is 0 Å². The molecule has 1 saturated heterocycles. The van der Waals surface area contributed by atoms with E-state index in [4.69, 9.17) is 0 Å². The Labute approximate surface area is 166 Å². The van der Waals surface area contributed by atoms with E-state index >= 15 is 0 Å². The minimum atomic E-state index is -0.994. The van der Waals surface area contributed by atoms with Crippen LogP contribution in [-0.2, 0) is 4.79 Å². The first-order valence-corrected chi connectivity index (χ1v) is 10.8. The highest BCUT2D eigenvalue weighted by Crippen LogP contribution is 2.30. The van der Waals surface area contributed by atoms with Gasteiger partial charge in [-0.3, -0.25) is 9.69 Å². The van der Waals surface area contributed by atoms with Gasteiger partial charge < -0.3 is 15.3 Å². The number of anilines is 2. The van der Waals surface area contributed by atoms with Gasteiger partial charge in [0.05, 0.1) is 11.3 Å². The van der Waals surface area contributed by atoms with Crippen molar-refractivity contribution in [1.82, 2.24) is 4.90 Å². The van der Waals surface area contributed by atoms with Gasteiger partial charge in [0.1, 0.15) is 0 Å². The first kappa shape index (κ1) is 19.2. The summed E-state index contributed by atoms with van der Waals surface area (Å²) in [6.45, 7) is 3.91. The number of hydrogen-bond donors (Lipinski definition) is 2. The molecule has 0 atom stereocenters. The molecule has 3 fully saturated rings. The van der Waals surface area contributed by atoms with Gasteiger partial charge in [-0.1, -0.05) is 25.7 Å². The Hall–Kier alpha value is -2.08. The molecular weight excluding hydrogens is 354 g/mol. The molecule has 0 unspecified atom stereocenters. The van der Waals surface area contributed by atoms with Crippen LogP contribution in [0.1, 0.15) is 61.7 Å². The number of carboxylic acids is 1. The first-order valence-electron chi connectivity index (χ1n) is 10.8. The summed E-state index contributed by atoms with van der Waals surface area (Å²) in [6, 6.07) is 6.14. The number of carboxylic acid groups (broad SMARTS) is 1. The van der Waals surface area contributed by atoms with Crippen molar-refractivity contribution in [3.63, 3.8) is 0 Å². The van der Waals surface area contributed by atoms with Crippen LogP contribution in [0.5, 0.6) is 0 Å². The molecule has 2 N–H and O–H groups in total. The van der Waals surface area contributed by atoms with E-state index in [0.717, 1.165) is 57.2 Å². The van der Waals surface area contributed by atoms with E-state index in [1.807, 2.05) is 6.07 Å². The maximum Gasteiger partial charge on any atom is 0.337 e. The molecular formula is C22H31N3O3. The zero-order valence-electron chi connectivity index (χ0n) is 16.5. The lowest BCUT2D eigenvalue weighted by Gasteiger charge is -2.41. The van der Waals surface area contributed by atoms with Gasteiger partial charge in [-0.2, -0.15) is 0 Å². The van der Waals surface area contributed by atoms with Crippen LogP contribution < -0.4 is 10.2 Å². The summed E-state index contributed by atoms with van der Waals surface area (Å²) in [4.78, 5) is 28.9. The van der Waals surface area contributed by atoms with Crippen molar-refractivity contribution >= 4 is 23.3 Å². The zero-order chi connectivity index (χ0) is 19.5. The molecule has 4 rings (SSSR count). The van der Waals surface area contributed by atoms with Crippen molar-refractivity contribution in [1.29, 1.82) is 0 Å². The average Bonchev–Trinajstić information content (AvgIpc) is 2.67. The highest BCUT2D eigenvalue weighted by atomic mass is 16.4. The molecule has 1 aliphatic heterocycles. The number of hydrogen-bond acceptors (Lipinski definition) is 4. The number of benzene rings is 1. The Morgan fingerprint density at radius 2 is 1.64 bits per heavy atom. The summed E-state index contributed by atoms with van der Waals surface area (Å²) in [6.07, 6.45) is 9.59. The highest BCUT2D eigenvalue weighted by molar-refractivity contribution is 6.02. The summed E-state index contributed by atoms with van der Waals surface area (Å²) in [7, 11) is 0. The van der Waals surface area contributed by atoms with Crippen LogP contribution in [0.2, 0.25) is 0 Å². The van der Waals surface area contributed by atoms with Crippen LogP contribution >= 0.6 is 0 Å². The Morgan fingerprint density at radius 3 is 2.25 bits per heavy atom. The minimum absolute atomic E-state index is 0.0363. The zero-order valence-corrected chi connectivity index (χ0v) is 16.5. The van der Waals surface area contributed by atoms with E-state index in [-0.39, 0.29) is 17.4 Å². The van der Waals surface area contributed by atoms with E-state index < -0.39 is 5.97 Å². The molecule has 2 saturated carbocycles. The molecule has 6 nitrogen and oxygen atoms in total. The monoisotopic (exact) mass is 385 g/mol. The Kier molecular flexibility index (Phi) is 5.85. The van der Waals surface area contributed by atoms with Crippen molar-refractivity contribution in [2.45, 2.75) is 57.4 Å². The van der Waals surface area contributed by atoms with Gasteiger partial charge in [-0.15, -0.1) is 0 Å². The molecule has 6 heteroatoms. The molecule has 1 aromatic carbocycles. The number of aromatic carboxylic acids is 1. The average molecular weight is 386 g/mol. The topological polar surface area (TPSA) is 72.9 Å². The van der Waals surface area contributed by atoms with Crippen molar-refractivity contribution in [3.8, 4) is 0 Å². The Morgan fingerprint density at radius 1 is 0.929 bits per heavy atom. The van der Waals surface area contributed by atoms with E-state index in [2.05, 4.69) is 15.1 Å². The summed E-state index contributed by atoms with van der Waals surface area (Å²) in [5, 5.41) is 12.5. The third kappa shape index (κ3) is 4.17. The fourth-order valence-corrected chi connectivity index (χ4v) is 4.71. The number of amides is 1. The molecule has 0 radical (unpaired) electrons. The van der Waals surface area contributed by atoms with Crippen molar-refractivity contribution in [2.75, 3.05) is 36.4 Å². The second kappa shape index (κ2) is 8.52. The van der Waals surface area contributed by atoms with Gasteiger partial charge in [0.25, 0.3) is 0 Å². The molecule has 152 valence electrons. The van der Waals surface area contributed by atoms with Gasteiger partial charge in [-0.05, 0) is 43.9 Å². The Balaban J connectivity index is 1.41. The maximum absolute atomic E-state index is 12.2. The van der Waals surface area contributed by atoms with E-state index in [9.17, 15) is 14.7 Å². The molecule has 2 aliphatic carbocycles. The molecule has 0 aromatic heterocycles. The fraction of sp³-hybridized carbons (Fsp3) is 0.636. The lowest BCUT2D eigenvalue weighted by molar-refractivity contribution is -0.122. The van der Waals surface area contributed by atoms with E-state index in [1.165, 1.54) is 32.1 Å². The normalized spacial score (nSPS) is 21.9. The highest BCUT2D eigenvalue weighted by Gasteiger charge is 2.28. The largest absolute Gasteiger partial charge is 0.478 e. The van der Waals surface area contributed by atoms with Crippen LogP contribution in [-0.4, -0.2) is 54.1 Å². The number of rotatable bonds is 5. The molecule has 28 heavy (non-hydrogen) atoms. The van der Waals surface area contributed by atoms with Crippen LogP contribution in [0.3, 0.4) is 0 Å². The van der Waals surface area contributed by atoms with Crippen LogP contribution in [0.15, 0.2) is 18.2 Å². The quantitative estimate of drug-likeness (QED) is 0.811. The molecule has 1 amide bonds. The molecule has 1 aromatic rings. The van der Waals surface area contributed by atoms with Crippen LogP contribution in [0, 0.1) is 5.92 Å². The third-order valence-corrected chi connectivity index (χ3v) is 6.74. The van der Waals surface area contributed by atoms with Crippen LogP contribution in [0.25, 0.3) is 0 Å². The number of carbonyl (C=O) groups is 2. The van der Waals surface area contributed by atoms with Gasteiger partial charge in [0.2, 0.25) is 5.91 Å². The third-order valence-electron chi connectivity index (χ3n) is 6.74. The number of carbonyl (C=O) groups excluding carboxylic acids is 1. The van der Waals surface area contributed by atoms with Gasteiger partial charge in [-0.25, -0.2) is 4.79 Å².